The van der Waals surface area contributed by atoms with Crippen LogP contribution in [-0.2, 0) is 0 Å². The Hall–Kier alpha value is -0.890. The van der Waals surface area contributed by atoms with E-state index in [0.29, 0.717) is 5.92 Å². The highest BCUT2D eigenvalue weighted by Gasteiger charge is 2.31. The molecule has 1 saturated carbocycles. The molecule has 2 heteroatoms. The molecule has 1 aromatic rings. The van der Waals surface area contributed by atoms with Gasteiger partial charge in [0.2, 0.25) is 0 Å². The fourth-order valence-electron chi connectivity index (χ4n) is 3.80. The third-order valence-corrected chi connectivity index (χ3v) is 4.87. The molecule has 21 heavy (non-hydrogen) atoms. The Morgan fingerprint density at radius 2 is 2.19 bits per heavy atom. The van der Waals surface area contributed by atoms with Crippen LogP contribution in [0.15, 0.2) is 24.5 Å². The standard InChI is InChI=1S/C19H32N2/c1-4-6-16-8-9-18(14-21-12-15(2)3)19(11-16)17-7-5-10-20-13-17/h5,7,10,13,15-16,18-19,21H,4,6,8-9,11-12,14H2,1-3H3. The van der Waals surface area contributed by atoms with Crippen LogP contribution in [0.4, 0.5) is 0 Å². The summed E-state index contributed by atoms with van der Waals surface area (Å²) in [5.74, 6) is 3.13. The van der Waals surface area contributed by atoms with E-state index in [1.54, 1.807) is 0 Å². The van der Waals surface area contributed by atoms with Crippen molar-refractivity contribution in [3.8, 4) is 0 Å². The number of nitrogens with one attached hydrogen (secondary N) is 1. The van der Waals surface area contributed by atoms with Gasteiger partial charge >= 0.3 is 0 Å². The minimum absolute atomic E-state index is 0.698. The van der Waals surface area contributed by atoms with Gasteiger partial charge < -0.3 is 5.32 Å². The molecule has 0 bridgehead atoms. The summed E-state index contributed by atoms with van der Waals surface area (Å²) in [5.41, 5.74) is 1.45. The molecule has 0 amide bonds. The molecule has 1 aliphatic carbocycles. The fraction of sp³-hybridized carbons (Fsp3) is 0.737. The smallest absolute Gasteiger partial charge is 0.0302 e. The zero-order valence-electron chi connectivity index (χ0n) is 14.0. The summed E-state index contributed by atoms with van der Waals surface area (Å²) in [6.45, 7) is 9.17. The van der Waals surface area contributed by atoms with Crippen molar-refractivity contribution in [3.05, 3.63) is 30.1 Å². The lowest BCUT2D eigenvalue weighted by Crippen LogP contribution is -2.33. The van der Waals surface area contributed by atoms with E-state index in [-0.39, 0.29) is 0 Å². The van der Waals surface area contributed by atoms with Gasteiger partial charge in [0.15, 0.2) is 0 Å². The predicted molar refractivity (Wildman–Crippen MR) is 90.4 cm³/mol. The Bertz CT molecular complexity index is 388. The third kappa shape index (κ3) is 5.10. The lowest BCUT2D eigenvalue weighted by atomic mass is 9.70. The second-order valence-electron chi connectivity index (χ2n) is 7.17. The number of hydrogen-bond acceptors (Lipinski definition) is 2. The van der Waals surface area contributed by atoms with E-state index in [1.165, 1.54) is 37.7 Å². The molecule has 1 aromatic heterocycles. The van der Waals surface area contributed by atoms with Crippen molar-refractivity contribution in [3.63, 3.8) is 0 Å². The van der Waals surface area contributed by atoms with Gasteiger partial charge in [-0.3, -0.25) is 4.98 Å². The van der Waals surface area contributed by atoms with Crippen molar-refractivity contribution in [2.24, 2.45) is 17.8 Å². The van der Waals surface area contributed by atoms with Crippen LogP contribution in [0.3, 0.4) is 0 Å². The Kier molecular flexibility index (Phi) is 6.69. The lowest BCUT2D eigenvalue weighted by Gasteiger charge is -2.37. The van der Waals surface area contributed by atoms with Crippen LogP contribution < -0.4 is 5.32 Å². The summed E-state index contributed by atoms with van der Waals surface area (Å²) in [4.78, 5) is 4.35. The maximum atomic E-state index is 4.35. The van der Waals surface area contributed by atoms with Crippen molar-refractivity contribution in [1.29, 1.82) is 0 Å². The summed E-state index contributed by atoms with van der Waals surface area (Å²) in [7, 11) is 0. The van der Waals surface area contributed by atoms with Gasteiger partial charge in [0.25, 0.3) is 0 Å². The van der Waals surface area contributed by atoms with Crippen LogP contribution >= 0.6 is 0 Å². The van der Waals surface area contributed by atoms with E-state index >= 15 is 0 Å². The van der Waals surface area contributed by atoms with E-state index in [9.17, 15) is 0 Å². The molecule has 0 saturated heterocycles. The zero-order chi connectivity index (χ0) is 15.1. The van der Waals surface area contributed by atoms with E-state index in [0.717, 1.165) is 30.8 Å². The van der Waals surface area contributed by atoms with E-state index < -0.39 is 0 Å². The quantitative estimate of drug-likeness (QED) is 0.791. The SMILES string of the molecule is CCCC1CCC(CNCC(C)C)C(c2cccnc2)C1. The van der Waals surface area contributed by atoms with Gasteiger partial charge in [-0.1, -0.05) is 46.1 Å². The zero-order valence-corrected chi connectivity index (χ0v) is 14.0. The number of pyridine rings is 1. The topological polar surface area (TPSA) is 24.9 Å². The van der Waals surface area contributed by atoms with Crippen molar-refractivity contribution < 1.29 is 0 Å². The van der Waals surface area contributed by atoms with E-state index in [4.69, 9.17) is 0 Å². The molecule has 1 heterocycles. The molecular weight excluding hydrogens is 256 g/mol. The molecule has 3 atom stereocenters. The molecule has 1 N–H and O–H groups in total. The largest absolute Gasteiger partial charge is 0.316 e. The van der Waals surface area contributed by atoms with Crippen molar-refractivity contribution in [2.45, 2.75) is 58.8 Å². The molecule has 1 fully saturated rings. The van der Waals surface area contributed by atoms with Gasteiger partial charge in [-0.15, -0.1) is 0 Å². The molecule has 0 aliphatic heterocycles. The molecule has 1 aliphatic rings. The minimum atomic E-state index is 0.698. The van der Waals surface area contributed by atoms with Crippen LogP contribution in [0, 0.1) is 17.8 Å². The lowest BCUT2D eigenvalue weighted by molar-refractivity contribution is 0.219. The Labute approximate surface area is 130 Å². The molecule has 0 radical (unpaired) electrons. The average Bonchev–Trinajstić information content (AvgIpc) is 2.49. The first-order chi connectivity index (χ1) is 10.2. The van der Waals surface area contributed by atoms with Gasteiger partial charge in [-0.05, 0) is 61.2 Å². The molecule has 2 rings (SSSR count). The second kappa shape index (κ2) is 8.53. The number of aromatic nitrogens is 1. The summed E-state index contributed by atoms with van der Waals surface area (Å²) in [6, 6.07) is 4.37. The van der Waals surface area contributed by atoms with E-state index in [2.05, 4.69) is 49.4 Å². The normalized spacial score (nSPS) is 26.2. The first-order valence-electron chi connectivity index (χ1n) is 8.81. The summed E-state index contributed by atoms with van der Waals surface area (Å²) >= 11 is 0. The summed E-state index contributed by atoms with van der Waals surface area (Å²) in [5, 5.41) is 3.68. The minimum Gasteiger partial charge on any atom is -0.316 e. The highest BCUT2D eigenvalue weighted by Crippen LogP contribution is 2.41. The predicted octanol–water partition coefficient (Wildman–Crippen LogP) is 4.63. The Morgan fingerprint density at radius 3 is 2.86 bits per heavy atom. The van der Waals surface area contributed by atoms with Crippen molar-refractivity contribution >= 4 is 0 Å². The molecule has 3 unspecified atom stereocenters. The highest BCUT2D eigenvalue weighted by molar-refractivity contribution is 5.17. The fourth-order valence-corrected chi connectivity index (χ4v) is 3.80. The molecule has 0 spiro atoms. The van der Waals surface area contributed by atoms with E-state index in [1.807, 2.05) is 6.20 Å². The van der Waals surface area contributed by atoms with Crippen LogP contribution in [0.1, 0.15) is 64.4 Å². The Morgan fingerprint density at radius 1 is 1.33 bits per heavy atom. The van der Waals surface area contributed by atoms with Crippen LogP contribution in [0.5, 0.6) is 0 Å². The van der Waals surface area contributed by atoms with Gasteiger partial charge in [0, 0.05) is 12.4 Å². The third-order valence-electron chi connectivity index (χ3n) is 4.87. The first-order valence-corrected chi connectivity index (χ1v) is 8.81. The average molecular weight is 288 g/mol. The highest BCUT2D eigenvalue weighted by atomic mass is 14.9. The monoisotopic (exact) mass is 288 g/mol. The maximum absolute atomic E-state index is 4.35. The Balaban J connectivity index is 2.00. The maximum Gasteiger partial charge on any atom is 0.0302 e. The number of rotatable bonds is 7. The van der Waals surface area contributed by atoms with Gasteiger partial charge in [-0.2, -0.15) is 0 Å². The molecular formula is C19H32N2. The van der Waals surface area contributed by atoms with Gasteiger partial charge in [0.05, 0.1) is 0 Å². The summed E-state index contributed by atoms with van der Waals surface area (Å²) < 4.78 is 0. The molecule has 2 nitrogen and oxygen atoms in total. The van der Waals surface area contributed by atoms with Gasteiger partial charge in [-0.25, -0.2) is 0 Å². The molecule has 118 valence electrons. The van der Waals surface area contributed by atoms with Crippen molar-refractivity contribution in [1.82, 2.24) is 10.3 Å². The summed E-state index contributed by atoms with van der Waals surface area (Å²) in [6.07, 6.45) is 10.8. The first kappa shape index (κ1) is 16.5. The molecule has 0 aromatic carbocycles. The second-order valence-corrected chi connectivity index (χ2v) is 7.17. The van der Waals surface area contributed by atoms with Crippen LogP contribution in [0.2, 0.25) is 0 Å². The van der Waals surface area contributed by atoms with Crippen molar-refractivity contribution in [2.75, 3.05) is 13.1 Å². The number of nitrogens with zero attached hydrogens (tertiary/aromatic N) is 1. The van der Waals surface area contributed by atoms with Gasteiger partial charge in [0.1, 0.15) is 0 Å². The number of hydrogen-bond donors (Lipinski definition) is 1. The van der Waals surface area contributed by atoms with Crippen LogP contribution in [0.25, 0.3) is 0 Å². The van der Waals surface area contributed by atoms with Crippen LogP contribution in [-0.4, -0.2) is 18.1 Å².